The van der Waals surface area contributed by atoms with E-state index in [1.807, 2.05) is 0 Å². The van der Waals surface area contributed by atoms with E-state index in [9.17, 15) is 5.11 Å². The van der Waals surface area contributed by atoms with Crippen molar-refractivity contribution in [2.24, 2.45) is 0 Å². The summed E-state index contributed by atoms with van der Waals surface area (Å²) >= 11 is 0. The highest BCUT2D eigenvalue weighted by atomic mass is 16.7. The van der Waals surface area contributed by atoms with Crippen molar-refractivity contribution in [2.75, 3.05) is 28.4 Å². The van der Waals surface area contributed by atoms with E-state index in [1.165, 1.54) is 0 Å². The second kappa shape index (κ2) is 6.75. The molecule has 0 aliphatic heterocycles. The van der Waals surface area contributed by atoms with Crippen molar-refractivity contribution in [1.29, 1.82) is 0 Å². The predicted molar refractivity (Wildman–Crippen MR) is 71.5 cm³/mol. The summed E-state index contributed by atoms with van der Waals surface area (Å²) in [7, 11) is 6.21. The van der Waals surface area contributed by atoms with Gasteiger partial charge in [0, 0.05) is 20.6 Å². The van der Waals surface area contributed by atoms with Crippen molar-refractivity contribution in [2.45, 2.75) is 25.2 Å². The first kappa shape index (κ1) is 15.8. The molecule has 1 aromatic carbocycles. The molecule has 1 rings (SSSR count). The third kappa shape index (κ3) is 3.83. The van der Waals surface area contributed by atoms with Gasteiger partial charge in [0.15, 0.2) is 17.8 Å². The standard InChI is InChI=1S/C14H22O5/c1-14(15,9-13(18-4)19-5)10-6-7-11(16-2)12(8-10)17-3/h6-8,13,15H,9H2,1-5H3. The van der Waals surface area contributed by atoms with Crippen LogP contribution in [0.2, 0.25) is 0 Å². The highest BCUT2D eigenvalue weighted by molar-refractivity contribution is 5.44. The van der Waals surface area contributed by atoms with Crippen molar-refractivity contribution in [1.82, 2.24) is 0 Å². The third-order valence-corrected chi connectivity index (χ3v) is 3.10. The second-order valence-electron chi connectivity index (χ2n) is 4.45. The van der Waals surface area contributed by atoms with E-state index in [4.69, 9.17) is 18.9 Å². The number of benzene rings is 1. The van der Waals surface area contributed by atoms with Crippen LogP contribution in [-0.2, 0) is 15.1 Å². The summed E-state index contributed by atoms with van der Waals surface area (Å²) in [5.74, 6) is 1.20. The van der Waals surface area contributed by atoms with Gasteiger partial charge >= 0.3 is 0 Å². The van der Waals surface area contributed by atoms with Gasteiger partial charge in [0.05, 0.1) is 19.8 Å². The first-order valence-corrected chi connectivity index (χ1v) is 5.99. The van der Waals surface area contributed by atoms with Gasteiger partial charge in [0.2, 0.25) is 0 Å². The van der Waals surface area contributed by atoms with Crippen LogP contribution in [0.25, 0.3) is 0 Å². The van der Waals surface area contributed by atoms with Crippen molar-refractivity contribution in [3.05, 3.63) is 23.8 Å². The van der Waals surface area contributed by atoms with Crippen LogP contribution in [0.3, 0.4) is 0 Å². The van der Waals surface area contributed by atoms with Crippen molar-refractivity contribution < 1.29 is 24.1 Å². The molecular weight excluding hydrogens is 248 g/mol. The third-order valence-electron chi connectivity index (χ3n) is 3.10. The number of aliphatic hydroxyl groups is 1. The van der Waals surface area contributed by atoms with Crippen LogP contribution in [0, 0.1) is 0 Å². The van der Waals surface area contributed by atoms with E-state index in [-0.39, 0.29) is 0 Å². The van der Waals surface area contributed by atoms with Gasteiger partial charge in [-0.3, -0.25) is 0 Å². The topological polar surface area (TPSA) is 57.2 Å². The minimum Gasteiger partial charge on any atom is -0.493 e. The SMILES string of the molecule is COc1ccc(C(C)(O)CC(OC)OC)cc1OC. The highest BCUT2D eigenvalue weighted by Crippen LogP contribution is 2.34. The largest absolute Gasteiger partial charge is 0.493 e. The summed E-state index contributed by atoms with van der Waals surface area (Å²) in [6, 6.07) is 5.31. The molecule has 0 saturated carbocycles. The summed E-state index contributed by atoms with van der Waals surface area (Å²) in [5, 5.41) is 10.5. The normalized spacial score (nSPS) is 14.3. The lowest BCUT2D eigenvalue weighted by Gasteiger charge is -2.28. The minimum atomic E-state index is -1.09. The minimum absolute atomic E-state index is 0.315. The number of hydrogen-bond acceptors (Lipinski definition) is 5. The molecule has 0 radical (unpaired) electrons. The van der Waals surface area contributed by atoms with Gasteiger partial charge in [0.25, 0.3) is 0 Å². The molecule has 0 aliphatic carbocycles. The molecule has 19 heavy (non-hydrogen) atoms. The first-order chi connectivity index (χ1) is 8.98. The Morgan fingerprint density at radius 2 is 1.63 bits per heavy atom. The molecule has 5 heteroatoms. The van der Waals surface area contributed by atoms with Gasteiger partial charge < -0.3 is 24.1 Å². The Labute approximate surface area is 114 Å². The Kier molecular flexibility index (Phi) is 5.60. The zero-order valence-electron chi connectivity index (χ0n) is 12.1. The average molecular weight is 270 g/mol. The molecule has 1 N–H and O–H groups in total. The first-order valence-electron chi connectivity index (χ1n) is 5.99. The van der Waals surface area contributed by atoms with Gasteiger partial charge in [-0.25, -0.2) is 0 Å². The summed E-state index contributed by atoms with van der Waals surface area (Å²) in [6.45, 7) is 1.71. The molecule has 0 aliphatic rings. The molecule has 0 saturated heterocycles. The molecule has 0 amide bonds. The molecule has 0 bridgehead atoms. The van der Waals surface area contributed by atoms with E-state index in [0.717, 1.165) is 0 Å². The molecule has 0 fully saturated rings. The molecule has 1 unspecified atom stereocenters. The molecular formula is C14H22O5. The van der Waals surface area contributed by atoms with Gasteiger partial charge in [-0.2, -0.15) is 0 Å². The summed E-state index contributed by atoms with van der Waals surface area (Å²) in [4.78, 5) is 0. The maximum Gasteiger partial charge on any atom is 0.161 e. The Morgan fingerprint density at radius 1 is 1.05 bits per heavy atom. The second-order valence-corrected chi connectivity index (χ2v) is 4.45. The Morgan fingerprint density at radius 3 is 2.11 bits per heavy atom. The summed E-state index contributed by atoms with van der Waals surface area (Å²) < 4.78 is 20.6. The molecule has 0 spiro atoms. The van der Waals surface area contributed by atoms with Crippen molar-refractivity contribution in [3.63, 3.8) is 0 Å². The van der Waals surface area contributed by atoms with Gasteiger partial charge in [-0.15, -0.1) is 0 Å². The maximum atomic E-state index is 10.5. The summed E-state index contributed by atoms with van der Waals surface area (Å²) in [5.41, 5.74) is -0.375. The fourth-order valence-electron chi connectivity index (χ4n) is 1.88. The molecule has 5 nitrogen and oxygen atoms in total. The Hall–Kier alpha value is -1.30. The number of hydrogen-bond donors (Lipinski definition) is 1. The van der Waals surface area contributed by atoms with Crippen LogP contribution in [0.15, 0.2) is 18.2 Å². The van der Waals surface area contributed by atoms with Gasteiger partial charge in [-0.05, 0) is 24.6 Å². The van der Waals surface area contributed by atoms with E-state index < -0.39 is 11.9 Å². The number of methoxy groups -OCH3 is 4. The van der Waals surface area contributed by atoms with E-state index in [2.05, 4.69) is 0 Å². The fourth-order valence-corrected chi connectivity index (χ4v) is 1.88. The number of ether oxygens (including phenoxy) is 4. The molecule has 1 atom stereocenters. The van der Waals surface area contributed by atoms with E-state index >= 15 is 0 Å². The summed E-state index contributed by atoms with van der Waals surface area (Å²) in [6.07, 6.45) is -0.154. The predicted octanol–water partition coefficient (Wildman–Crippen LogP) is 1.92. The lowest BCUT2D eigenvalue weighted by Crippen LogP contribution is -2.29. The van der Waals surface area contributed by atoms with Gasteiger partial charge in [0.1, 0.15) is 0 Å². The molecule has 0 heterocycles. The van der Waals surface area contributed by atoms with Crippen LogP contribution in [0.1, 0.15) is 18.9 Å². The van der Waals surface area contributed by atoms with Gasteiger partial charge in [-0.1, -0.05) is 6.07 Å². The average Bonchev–Trinajstić information content (AvgIpc) is 2.43. The van der Waals surface area contributed by atoms with Crippen LogP contribution in [0.5, 0.6) is 11.5 Å². The van der Waals surface area contributed by atoms with Crippen LogP contribution >= 0.6 is 0 Å². The Bertz CT molecular complexity index is 399. The Balaban J connectivity index is 3.00. The monoisotopic (exact) mass is 270 g/mol. The quantitative estimate of drug-likeness (QED) is 0.767. The molecule has 1 aromatic rings. The van der Waals surface area contributed by atoms with E-state index in [1.54, 1.807) is 53.6 Å². The highest BCUT2D eigenvalue weighted by Gasteiger charge is 2.28. The van der Waals surface area contributed by atoms with Crippen molar-refractivity contribution >= 4 is 0 Å². The maximum absolute atomic E-state index is 10.5. The smallest absolute Gasteiger partial charge is 0.161 e. The zero-order valence-corrected chi connectivity index (χ0v) is 12.1. The molecule has 0 aromatic heterocycles. The molecule has 108 valence electrons. The zero-order chi connectivity index (χ0) is 14.5. The van der Waals surface area contributed by atoms with Crippen LogP contribution in [0.4, 0.5) is 0 Å². The number of rotatable bonds is 7. The van der Waals surface area contributed by atoms with Crippen molar-refractivity contribution in [3.8, 4) is 11.5 Å². The van der Waals surface area contributed by atoms with E-state index in [0.29, 0.717) is 23.5 Å². The fraction of sp³-hybridized carbons (Fsp3) is 0.571. The van der Waals surface area contributed by atoms with Crippen LogP contribution in [-0.4, -0.2) is 39.8 Å². The lowest BCUT2D eigenvalue weighted by atomic mass is 9.92. The lowest BCUT2D eigenvalue weighted by molar-refractivity contribution is -0.142. The van der Waals surface area contributed by atoms with Crippen LogP contribution < -0.4 is 9.47 Å².